The van der Waals surface area contributed by atoms with Crippen molar-refractivity contribution in [2.45, 2.75) is 94.5 Å². The zero-order valence-corrected chi connectivity index (χ0v) is 42.2. The number of anilines is 2. The van der Waals surface area contributed by atoms with Crippen molar-refractivity contribution >= 4 is 50.9 Å². The topological polar surface area (TPSA) is 163 Å². The van der Waals surface area contributed by atoms with E-state index in [0.717, 1.165) is 115 Å². The highest BCUT2D eigenvalue weighted by Gasteiger charge is 2.44. The summed E-state index contributed by atoms with van der Waals surface area (Å²) in [5, 5.41) is 18.0. The summed E-state index contributed by atoms with van der Waals surface area (Å²) in [6.45, 7) is 11.7. The molecule has 390 valence electrons. The van der Waals surface area contributed by atoms with E-state index in [9.17, 15) is 19.5 Å². The van der Waals surface area contributed by atoms with Gasteiger partial charge < -0.3 is 34.8 Å². The zero-order chi connectivity index (χ0) is 51.1. The maximum atomic E-state index is 17.2. The number of halogens is 2. The van der Waals surface area contributed by atoms with Crippen LogP contribution in [0.2, 0.25) is 0 Å². The highest BCUT2D eigenvalue weighted by molar-refractivity contribution is 6.06. The predicted octanol–water partition coefficient (Wildman–Crippen LogP) is 5.28. The highest BCUT2D eigenvalue weighted by Crippen LogP contribution is 2.41. The number of ether oxygens (including phenoxy) is 1. The number of amides is 3. The lowest BCUT2D eigenvalue weighted by molar-refractivity contribution is -0.136. The van der Waals surface area contributed by atoms with Crippen molar-refractivity contribution in [3.8, 4) is 35.4 Å². The summed E-state index contributed by atoms with van der Waals surface area (Å²) in [4.78, 5) is 66.1. The molecule has 0 saturated carbocycles. The van der Waals surface area contributed by atoms with Gasteiger partial charge in [0.15, 0.2) is 5.82 Å². The van der Waals surface area contributed by atoms with Crippen molar-refractivity contribution in [3.05, 3.63) is 77.0 Å². The number of piperazine rings is 2. The van der Waals surface area contributed by atoms with Crippen LogP contribution >= 0.6 is 0 Å². The molecule has 10 heterocycles. The first-order valence-electron chi connectivity index (χ1n) is 27.2. The maximum Gasteiger partial charge on any atom is 0.319 e. The first-order valence-corrected chi connectivity index (χ1v) is 27.2. The van der Waals surface area contributed by atoms with Gasteiger partial charge in [0.05, 0.1) is 17.6 Å². The SMILES string of the molecule is C#Cc1c(F)ccc2cc(O)cc(-c3ncc4c(N5CC6CCC(C5)N6)nc(OC[C@@H]5CCN6C5CC[C@H]6CN5CCN(CC6CCN(c7ccc8c(c7)CN(C7CCC(=O)NC7=O)C8=O)CC6)CC5)nc4c3F)c12. The van der Waals surface area contributed by atoms with E-state index in [1.54, 1.807) is 11.1 Å². The Labute approximate surface area is 434 Å². The van der Waals surface area contributed by atoms with Gasteiger partial charge in [-0.2, -0.15) is 9.97 Å². The summed E-state index contributed by atoms with van der Waals surface area (Å²) in [5.41, 5.74) is 2.83. The second kappa shape index (κ2) is 19.6. The Bertz CT molecular complexity index is 3140. The number of pyridine rings is 1. The first kappa shape index (κ1) is 48.1. The molecule has 0 spiro atoms. The van der Waals surface area contributed by atoms with Gasteiger partial charge in [0.1, 0.15) is 34.6 Å². The van der Waals surface area contributed by atoms with Crippen LogP contribution in [0.3, 0.4) is 0 Å². The molecule has 3 N–H and O–H groups in total. The Morgan fingerprint density at radius 3 is 2.37 bits per heavy atom. The molecule has 4 unspecified atom stereocenters. The zero-order valence-electron chi connectivity index (χ0n) is 42.2. The van der Waals surface area contributed by atoms with E-state index in [1.165, 1.54) is 24.3 Å². The predicted molar refractivity (Wildman–Crippen MR) is 279 cm³/mol. The minimum absolute atomic E-state index is 0.0325. The molecule has 75 heavy (non-hydrogen) atoms. The summed E-state index contributed by atoms with van der Waals surface area (Å²) >= 11 is 0. The van der Waals surface area contributed by atoms with Crippen LogP contribution in [0.25, 0.3) is 32.9 Å². The summed E-state index contributed by atoms with van der Waals surface area (Å²) in [5.74, 6) is 1.67. The lowest BCUT2D eigenvalue weighted by Crippen LogP contribution is -2.52. The van der Waals surface area contributed by atoms with Gasteiger partial charge >= 0.3 is 6.01 Å². The molecule has 0 radical (unpaired) electrons. The molecule has 2 bridgehead atoms. The van der Waals surface area contributed by atoms with Crippen molar-refractivity contribution in [1.29, 1.82) is 0 Å². The van der Waals surface area contributed by atoms with Crippen LogP contribution in [0.1, 0.15) is 79.3 Å². The third kappa shape index (κ3) is 8.98. The number of aromatic hydroxyl groups is 1. The molecule has 7 saturated heterocycles. The Morgan fingerprint density at radius 1 is 0.813 bits per heavy atom. The van der Waals surface area contributed by atoms with E-state index in [1.807, 2.05) is 12.1 Å². The number of hydrogen-bond donors (Lipinski definition) is 3. The first-order chi connectivity index (χ1) is 36.5. The van der Waals surface area contributed by atoms with Gasteiger partial charge in [0.2, 0.25) is 11.8 Å². The van der Waals surface area contributed by atoms with Crippen molar-refractivity contribution in [2.75, 3.05) is 88.4 Å². The minimum atomic E-state index is -0.720. The summed E-state index contributed by atoms with van der Waals surface area (Å²) in [7, 11) is 0. The van der Waals surface area contributed by atoms with Crippen LogP contribution in [-0.4, -0.2) is 166 Å². The fraction of sp³-hybridized carbons (Fsp3) is 0.509. The average Bonchev–Trinajstić information content (AvgIpc) is 4.21. The number of phenols is 1. The van der Waals surface area contributed by atoms with Crippen LogP contribution in [0, 0.1) is 35.8 Å². The van der Waals surface area contributed by atoms with Crippen molar-refractivity contribution in [2.24, 2.45) is 11.8 Å². The third-order valence-corrected chi connectivity index (χ3v) is 18.0. The molecule has 16 nitrogen and oxygen atoms in total. The normalized spacial score (nSPS) is 26.6. The lowest BCUT2D eigenvalue weighted by Gasteiger charge is -2.40. The fourth-order valence-corrected chi connectivity index (χ4v) is 14.1. The number of benzene rings is 3. The number of carbonyl (C=O) groups is 3. The summed E-state index contributed by atoms with van der Waals surface area (Å²) < 4.78 is 38.8. The number of piperidine rings is 2. The second-order valence-corrected chi connectivity index (χ2v) is 22.4. The lowest BCUT2D eigenvalue weighted by atomic mass is 9.95. The van der Waals surface area contributed by atoms with Gasteiger partial charge in [-0.05, 0) is 111 Å². The molecule has 3 aromatic carbocycles. The molecule has 13 rings (SSSR count). The molecular weight excluding hydrogens is 957 g/mol. The quantitative estimate of drug-likeness (QED) is 0.116. The largest absolute Gasteiger partial charge is 0.508 e. The van der Waals surface area contributed by atoms with Gasteiger partial charge in [0.25, 0.3) is 5.91 Å². The Balaban J connectivity index is 0.621. The number of aromatic nitrogens is 3. The Hall–Kier alpha value is -6.52. The minimum Gasteiger partial charge on any atom is -0.508 e. The van der Waals surface area contributed by atoms with Gasteiger partial charge in [0, 0.05) is 137 Å². The second-order valence-electron chi connectivity index (χ2n) is 22.4. The van der Waals surface area contributed by atoms with Gasteiger partial charge in [-0.1, -0.05) is 12.0 Å². The van der Waals surface area contributed by atoms with E-state index < -0.39 is 17.7 Å². The van der Waals surface area contributed by atoms with Gasteiger partial charge in [-0.3, -0.25) is 34.5 Å². The Morgan fingerprint density at radius 2 is 1.60 bits per heavy atom. The molecule has 18 heteroatoms. The van der Waals surface area contributed by atoms with Crippen LogP contribution in [0.5, 0.6) is 11.8 Å². The third-order valence-electron chi connectivity index (χ3n) is 18.0. The monoisotopic (exact) mass is 1020 g/mol. The van der Waals surface area contributed by atoms with Crippen molar-refractivity contribution in [1.82, 2.24) is 45.2 Å². The van der Waals surface area contributed by atoms with Gasteiger partial charge in [-0.25, -0.2) is 8.78 Å². The number of carbonyl (C=O) groups excluding carboxylic acids is 3. The van der Waals surface area contributed by atoms with Gasteiger partial charge in [-0.15, -0.1) is 6.42 Å². The van der Waals surface area contributed by atoms with Crippen LogP contribution in [0.15, 0.2) is 48.7 Å². The molecule has 8 aliphatic heterocycles. The van der Waals surface area contributed by atoms with E-state index in [4.69, 9.17) is 21.1 Å². The average molecular weight is 1020 g/mol. The number of hydrogen-bond acceptors (Lipinski definition) is 14. The number of terminal acetylenes is 1. The number of fused-ring (bicyclic) bond motifs is 6. The molecule has 2 aromatic heterocycles. The van der Waals surface area contributed by atoms with E-state index in [2.05, 4.69) is 52.1 Å². The number of phenolic OH excluding ortho intramolecular Hbond substituents is 1. The number of imide groups is 1. The fourth-order valence-electron chi connectivity index (χ4n) is 14.1. The molecule has 8 aliphatic rings. The van der Waals surface area contributed by atoms with Crippen molar-refractivity contribution < 1.29 is 33.0 Å². The molecule has 3 amide bonds. The number of nitrogens with one attached hydrogen (secondary N) is 2. The Kier molecular flexibility index (Phi) is 12.6. The van der Waals surface area contributed by atoms with Crippen molar-refractivity contribution in [3.63, 3.8) is 0 Å². The summed E-state index contributed by atoms with van der Waals surface area (Å²) in [6.07, 6.45) is 15.6. The molecular formula is C57H63F2N11O5. The molecule has 6 atom stereocenters. The smallest absolute Gasteiger partial charge is 0.319 e. The highest BCUT2D eigenvalue weighted by atomic mass is 19.1. The molecule has 5 aromatic rings. The van der Waals surface area contributed by atoms with Crippen LogP contribution in [0.4, 0.5) is 20.3 Å². The van der Waals surface area contributed by atoms with Crippen LogP contribution in [-0.2, 0) is 16.1 Å². The van der Waals surface area contributed by atoms with E-state index >= 15 is 8.78 Å². The standard InChI is InChI=1S/C57H63F2N11O5/c1-2-42-46(58)9-3-34-24-41(71)25-44(50(34)42)52-51(59)53-45(26-60-52)54(68-29-37-4-5-38(30-68)61-37)64-57(63-53)75-32-35-15-18-69-40(7-10-47(35)69)31-66-21-19-65(20-22-66)27-33-13-16-67(17-14-33)39-6-8-43-36(23-39)28-70(56(43)74)48-11-12-49(72)62-55(48)73/h1,3,6,8-9,23-26,33,35,37-38,40,47-48,61,71H,4-5,7,10-22,27-32H2,(H,62,72,73)/t35-,37?,38?,40-,47?,48?/m0/s1. The van der Waals surface area contributed by atoms with E-state index in [0.29, 0.717) is 84.9 Å². The summed E-state index contributed by atoms with van der Waals surface area (Å²) in [6, 6.07) is 12.7. The van der Waals surface area contributed by atoms with Crippen LogP contribution < -0.4 is 25.2 Å². The molecule has 0 aliphatic carbocycles. The van der Waals surface area contributed by atoms with E-state index in [-0.39, 0.29) is 69.5 Å². The number of rotatable bonds is 11. The number of nitrogens with zero attached hydrogens (tertiary/aromatic N) is 9. The maximum absolute atomic E-state index is 17.2. The molecule has 7 fully saturated rings.